The maximum atomic E-state index is 14.4. The Morgan fingerprint density at radius 3 is 2.50 bits per heavy atom. The van der Waals surface area contributed by atoms with E-state index < -0.39 is 29.2 Å². The fourth-order valence-electron chi connectivity index (χ4n) is 3.92. The Bertz CT molecular complexity index is 942. The molecule has 2 aromatic rings. The highest BCUT2D eigenvalue weighted by atomic mass is 19.1. The number of rotatable bonds is 3. The molecule has 1 aliphatic heterocycles. The molecule has 0 bridgehead atoms. The maximum absolute atomic E-state index is 14.4. The van der Waals surface area contributed by atoms with E-state index in [0.717, 1.165) is 4.90 Å². The molecule has 2 heterocycles. The monoisotopic (exact) mass is 387 g/mol. The molecule has 4 rings (SSSR count). The molecule has 1 aliphatic carbocycles. The lowest BCUT2D eigenvalue weighted by Gasteiger charge is -2.55. The first kappa shape index (κ1) is 18.5. The minimum absolute atomic E-state index is 0.0722. The van der Waals surface area contributed by atoms with E-state index in [1.807, 2.05) is 0 Å². The van der Waals surface area contributed by atoms with Crippen molar-refractivity contribution in [1.29, 1.82) is 0 Å². The third kappa shape index (κ3) is 2.93. The molecule has 1 aromatic heterocycles. The summed E-state index contributed by atoms with van der Waals surface area (Å²) in [5.41, 5.74) is 0.0162. The summed E-state index contributed by atoms with van der Waals surface area (Å²) in [4.78, 5) is 32.7. The molecule has 2 amide bonds. The number of nitrogens with zero attached hydrogens (tertiary/aromatic N) is 3. The SMILES string of the molecule is Cc1cnc(N2CC(=O)N(Cc3ccc(F)cc3)C3(CC(O)C3)C2=O)c(F)c1. The molecule has 0 atom stereocenters. The van der Waals surface area contributed by atoms with E-state index in [4.69, 9.17) is 0 Å². The number of benzene rings is 1. The average Bonchev–Trinajstić information content (AvgIpc) is 2.62. The summed E-state index contributed by atoms with van der Waals surface area (Å²) in [6.07, 6.45) is 0.859. The minimum atomic E-state index is -1.25. The molecule has 1 saturated carbocycles. The van der Waals surface area contributed by atoms with Crippen LogP contribution in [0.5, 0.6) is 0 Å². The first-order valence-corrected chi connectivity index (χ1v) is 8.97. The van der Waals surface area contributed by atoms with Crippen LogP contribution in [0.25, 0.3) is 0 Å². The number of pyridine rings is 1. The second-order valence-electron chi connectivity index (χ2n) is 7.41. The Morgan fingerprint density at radius 1 is 1.21 bits per heavy atom. The third-order valence-electron chi connectivity index (χ3n) is 5.37. The zero-order valence-corrected chi connectivity index (χ0v) is 15.2. The number of aryl methyl sites for hydroxylation is 1. The zero-order valence-electron chi connectivity index (χ0n) is 15.2. The van der Waals surface area contributed by atoms with Gasteiger partial charge in [0.05, 0.1) is 6.10 Å². The lowest BCUT2D eigenvalue weighted by atomic mass is 9.70. The van der Waals surface area contributed by atoms with Crippen LogP contribution in [0.15, 0.2) is 36.5 Å². The van der Waals surface area contributed by atoms with Crippen molar-refractivity contribution in [2.75, 3.05) is 11.4 Å². The molecular weight excluding hydrogens is 368 g/mol. The highest BCUT2D eigenvalue weighted by Gasteiger charge is 2.60. The van der Waals surface area contributed by atoms with Crippen LogP contribution in [0.2, 0.25) is 0 Å². The van der Waals surface area contributed by atoms with Crippen LogP contribution < -0.4 is 4.90 Å². The summed E-state index contributed by atoms with van der Waals surface area (Å²) in [7, 11) is 0. The van der Waals surface area contributed by atoms with Gasteiger partial charge in [-0.15, -0.1) is 0 Å². The highest BCUT2D eigenvalue weighted by Crippen LogP contribution is 2.43. The van der Waals surface area contributed by atoms with Crippen molar-refractivity contribution in [2.24, 2.45) is 0 Å². The van der Waals surface area contributed by atoms with Gasteiger partial charge in [-0.1, -0.05) is 12.1 Å². The van der Waals surface area contributed by atoms with Gasteiger partial charge in [0.2, 0.25) is 5.91 Å². The van der Waals surface area contributed by atoms with Gasteiger partial charge in [0.1, 0.15) is 17.9 Å². The van der Waals surface area contributed by atoms with Gasteiger partial charge in [-0.05, 0) is 36.2 Å². The van der Waals surface area contributed by atoms with E-state index in [-0.39, 0.29) is 37.7 Å². The van der Waals surface area contributed by atoms with Gasteiger partial charge >= 0.3 is 0 Å². The molecule has 28 heavy (non-hydrogen) atoms. The third-order valence-corrected chi connectivity index (χ3v) is 5.37. The number of carbonyl (C=O) groups is 2. The minimum Gasteiger partial charge on any atom is -0.393 e. The molecule has 1 aromatic carbocycles. The standard InChI is InChI=1S/C20H19F2N3O3/c1-12-6-16(22)18(23-9-12)24-11-17(27)25(10-13-2-4-14(21)5-3-13)20(19(24)28)7-15(26)8-20/h2-6,9,15,26H,7-8,10-11H2,1H3. The number of aromatic nitrogens is 1. The van der Waals surface area contributed by atoms with Gasteiger partial charge in [-0.25, -0.2) is 13.8 Å². The van der Waals surface area contributed by atoms with Crippen molar-refractivity contribution in [2.45, 2.75) is 38.0 Å². The van der Waals surface area contributed by atoms with Crippen LogP contribution >= 0.6 is 0 Å². The Balaban J connectivity index is 1.68. The summed E-state index contributed by atoms with van der Waals surface area (Å²) in [5.74, 6) is -2.10. The van der Waals surface area contributed by atoms with E-state index in [1.54, 1.807) is 19.1 Å². The molecule has 6 nitrogen and oxygen atoms in total. The molecular formula is C20H19F2N3O3. The predicted octanol–water partition coefficient (Wildman–Crippen LogP) is 1.94. The number of piperazine rings is 1. The zero-order chi connectivity index (χ0) is 20.1. The fraction of sp³-hybridized carbons (Fsp3) is 0.350. The van der Waals surface area contributed by atoms with Gasteiger partial charge < -0.3 is 10.0 Å². The summed E-state index contributed by atoms with van der Waals surface area (Å²) in [6, 6.07) is 6.91. The Morgan fingerprint density at radius 2 is 1.89 bits per heavy atom. The van der Waals surface area contributed by atoms with Gasteiger partial charge in [0.25, 0.3) is 5.91 Å². The largest absolute Gasteiger partial charge is 0.393 e. The summed E-state index contributed by atoms with van der Waals surface area (Å²) in [5, 5.41) is 9.89. The topological polar surface area (TPSA) is 73.7 Å². The number of hydrogen-bond acceptors (Lipinski definition) is 4. The van der Waals surface area contributed by atoms with E-state index in [1.165, 1.54) is 29.3 Å². The van der Waals surface area contributed by atoms with E-state index in [9.17, 15) is 23.5 Å². The molecule has 1 spiro atoms. The van der Waals surface area contributed by atoms with Crippen LogP contribution in [0, 0.1) is 18.6 Å². The van der Waals surface area contributed by atoms with Crippen LogP contribution in [-0.4, -0.2) is 45.0 Å². The maximum Gasteiger partial charge on any atom is 0.254 e. The van der Waals surface area contributed by atoms with E-state index in [2.05, 4.69) is 4.98 Å². The molecule has 0 radical (unpaired) electrons. The Labute approximate surface area is 160 Å². The van der Waals surface area contributed by atoms with Crippen LogP contribution in [0.3, 0.4) is 0 Å². The number of halogens is 2. The van der Waals surface area contributed by atoms with Crippen LogP contribution in [-0.2, 0) is 16.1 Å². The number of aliphatic hydroxyl groups is 1. The lowest BCUT2D eigenvalue weighted by molar-refractivity contribution is -0.167. The molecule has 2 aliphatic rings. The summed E-state index contributed by atoms with van der Waals surface area (Å²) >= 11 is 0. The van der Waals surface area contributed by atoms with Crippen molar-refractivity contribution in [1.82, 2.24) is 9.88 Å². The molecule has 0 unspecified atom stereocenters. The Hall–Kier alpha value is -2.87. The summed E-state index contributed by atoms with van der Waals surface area (Å²) in [6.45, 7) is 1.44. The Kier molecular flexibility index (Phi) is 4.38. The molecule has 1 saturated heterocycles. The molecule has 1 N–H and O–H groups in total. The number of hydrogen-bond donors (Lipinski definition) is 1. The number of carbonyl (C=O) groups excluding carboxylic acids is 2. The van der Waals surface area contributed by atoms with Crippen molar-refractivity contribution < 1.29 is 23.5 Å². The number of anilines is 1. The lowest BCUT2D eigenvalue weighted by Crippen LogP contribution is -2.73. The van der Waals surface area contributed by atoms with Crippen molar-refractivity contribution in [3.63, 3.8) is 0 Å². The highest BCUT2D eigenvalue weighted by molar-refractivity contribution is 6.09. The van der Waals surface area contributed by atoms with Gasteiger partial charge in [0, 0.05) is 25.6 Å². The summed E-state index contributed by atoms with van der Waals surface area (Å²) < 4.78 is 27.6. The predicted molar refractivity (Wildman–Crippen MR) is 96.2 cm³/mol. The smallest absolute Gasteiger partial charge is 0.254 e. The molecule has 8 heteroatoms. The van der Waals surface area contributed by atoms with Crippen molar-refractivity contribution >= 4 is 17.6 Å². The van der Waals surface area contributed by atoms with Gasteiger partial charge in [-0.3, -0.25) is 14.5 Å². The van der Waals surface area contributed by atoms with Crippen LogP contribution in [0.1, 0.15) is 24.0 Å². The first-order valence-electron chi connectivity index (χ1n) is 8.97. The van der Waals surface area contributed by atoms with Gasteiger partial charge in [0.15, 0.2) is 11.6 Å². The second-order valence-corrected chi connectivity index (χ2v) is 7.41. The van der Waals surface area contributed by atoms with Crippen molar-refractivity contribution in [3.8, 4) is 0 Å². The number of amides is 2. The average molecular weight is 387 g/mol. The molecule has 146 valence electrons. The van der Waals surface area contributed by atoms with Crippen molar-refractivity contribution in [3.05, 3.63) is 59.3 Å². The van der Waals surface area contributed by atoms with Crippen LogP contribution in [0.4, 0.5) is 14.6 Å². The quantitative estimate of drug-likeness (QED) is 0.874. The van der Waals surface area contributed by atoms with E-state index >= 15 is 0 Å². The fourth-order valence-corrected chi connectivity index (χ4v) is 3.92. The normalized spacial score (nSPS) is 24.6. The van der Waals surface area contributed by atoms with Gasteiger partial charge in [-0.2, -0.15) is 0 Å². The first-order chi connectivity index (χ1) is 13.3. The molecule has 2 fully saturated rings. The number of aliphatic hydroxyl groups excluding tert-OH is 1. The second kappa shape index (κ2) is 6.63. The van der Waals surface area contributed by atoms with E-state index in [0.29, 0.717) is 11.1 Å².